The number of hydrogen-bond acceptors (Lipinski definition) is 2. The fourth-order valence-corrected chi connectivity index (χ4v) is 2.40. The van der Waals surface area contributed by atoms with Gasteiger partial charge in [-0.05, 0) is 36.2 Å². The molecule has 0 unspecified atom stereocenters. The molecule has 0 aliphatic rings. The van der Waals surface area contributed by atoms with Crippen LogP contribution in [-0.4, -0.2) is 11.8 Å². The van der Waals surface area contributed by atoms with Crippen molar-refractivity contribution in [3.63, 3.8) is 0 Å². The smallest absolute Gasteiger partial charge is 0.247 e. The monoisotopic (exact) mass is 334 g/mol. The van der Waals surface area contributed by atoms with Crippen molar-refractivity contribution < 1.29 is 14.0 Å². The van der Waals surface area contributed by atoms with E-state index in [0.717, 1.165) is 0 Å². The Morgan fingerprint density at radius 2 is 1.91 bits per heavy atom. The van der Waals surface area contributed by atoms with Crippen LogP contribution >= 0.6 is 11.6 Å². The molecule has 6 heteroatoms. The molecule has 3 N–H and O–H groups in total. The summed E-state index contributed by atoms with van der Waals surface area (Å²) < 4.78 is 13.6. The molecule has 2 amide bonds. The molecule has 4 nitrogen and oxygen atoms in total. The molecule has 0 saturated heterocycles. The van der Waals surface area contributed by atoms with Gasteiger partial charge in [0.15, 0.2) is 0 Å². The Kier molecular flexibility index (Phi) is 5.01. The van der Waals surface area contributed by atoms with E-state index in [0.29, 0.717) is 10.6 Å². The lowest BCUT2D eigenvalue weighted by Gasteiger charge is -2.28. The molecule has 2 aromatic rings. The zero-order valence-electron chi connectivity index (χ0n) is 12.5. The highest BCUT2D eigenvalue weighted by Gasteiger charge is 2.35. The molecule has 1 atom stereocenters. The van der Waals surface area contributed by atoms with E-state index >= 15 is 0 Å². The summed E-state index contributed by atoms with van der Waals surface area (Å²) in [7, 11) is 0. The van der Waals surface area contributed by atoms with Crippen molar-refractivity contribution in [1.82, 2.24) is 5.32 Å². The van der Waals surface area contributed by atoms with Gasteiger partial charge in [0.25, 0.3) is 0 Å². The predicted octanol–water partition coefficient (Wildman–Crippen LogP) is 2.54. The molecule has 2 rings (SSSR count). The topological polar surface area (TPSA) is 72.2 Å². The van der Waals surface area contributed by atoms with Crippen LogP contribution in [0.4, 0.5) is 4.39 Å². The van der Waals surface area contributed by atoms with Crippen molar-refractivity contribution >= 4 is 23.4 Å². The SMILES string of the molecule is C[C@](NC(=O)Cc1ccccc1F)(C(N)=O)c1cccc(Cl)c1. The van der Waals surface area contributed by atoms with Crippen molar-refractivity contribution in [2.45, 2.75) is 18.9 Å². The van der Waals surface area contributed by atoms with Crippen LogP contribution in [0.1, 0.15) is 18.1 Å². The van der Waals surface area contributed by atoms with Crippen LogP contribution in [0.3, 0.4) is 0 Å². The largest absolute Gasteiger partial charge is 0.367 e. The van der Waals surface area contributed by atoms with E-state index in [4.69, 9.17) is 17.3 Å². The number of hydrogen-bond donors (Lipinski definition) is 2. The van der Waals surface area contributed by atoms with Crippen LogP contribution in [0.5, 0.6) is 0 Å². The Hall–Kier alpha value is -2.40. The van der Waals surface area contributed by atoms with E-state index < -0.39 is 23.2 Å². The molecule has 23 heavy (non-hydrogen) atoms. The maximum Gasteiger partial charge on any atom is 0.247 e. The third kappa shape index (κ3) is 3.87. The van der Waals surface area contributed by atoms with Crippen molar-refractivity contribution in [2.75, 3.05) is 0 Å². The number of carbonyl (C=O) groups is 2. The minimum absolute atomic E-state index is 0.198. The van der Waals surface area contributed by atoms with E-state index in [-0.39, 0.29) is 12.0 Å². The Balaban J connectivity index is 2.24. The van der Waals surface area contributed by atoms with Crippen LogP contribution in [-0.2, 0) is 21.5 Å². The summed E-state index contributed by atoms with van der Waals surface area (Å²) in [4.78, 5) is 24.1. The van der Waals surface area contributed by atoms with Crippen molar-refractivity contribution in [2.24, 2.45) is 5.73 Å². The van der Waals surface area contributed by atoms with Gasteiger partial charge in [-0.3, -0.25) is 9.59 Å². The van der Waals surface area contributed by atoms with Crippen molar-refractivity contribution in [3.05, 3.63) is 70.5 Å². The molecule has 0 heterocycles. The first-order valence-corrected chi connectivity index (χ1v) is 7.31. The van der Waals surface area contributed by atoms with Gasteiger partial charge in [-0.1, -0.05) is 41.9 Å². The first-order chi connectivity index (χ1) is 10.8. The number of carbonyl (C=O) groups excluding carboxylic acids is 2. The average Bonchev–Trinajstić information content (AvgIpc) is 2.49. The van der Waals surface area contributed by atoms with Gasteiger partial charge in [0.05, 0.1) is 6.42 Å². The molecule has 0 fully saturated rings. The molecule has 0 spiro atoms. The highest BCUT2D eigenvalue weighted by molar-refractivity contribution is 6.30. The van der Waals surface area contributed by atoms with E-state index in [1.54, 1.807) is 30.3 Å². The van der Waals surface area contributed by atoms with Crippen LogP contribution in [0.2, 0.25) is 5.02 Å². The summed E-state index contributed by atoms with van der Waals surface area (Å²) in [6.45, 7) is 1.49. The lowest BCUT2D eigenvalue weighted by molar-refractivity contribution is -0.131. The Morgan fingerprint density at radius 1 is 1.22 bits per heavy atom. The second-order valence-electron chi connectivity index (χ2n) is 5.32. The maximum absolute atomic E-state index is 13.6. The van der Waals surface area contributed by atoms with Crippen molar-refractivity contribution in [3.8, 4) is 0 Å². The molecular formula is C17H16ClFN2O2. The van der Waals surface area contributed by atoms with Gasteiger partial charge < -0.3 is 11.1 Å². The standard InChI is InChI=1S/C17H16ClFN2O2/c1-17(16(20)23,12-6-4-7-13(18)10-12)21-15(22)9-11-5-2-3-8-14(11)19/h2-8,10H,9H2,1H3,(H2,20,23)(H,21,22)/t17-/m1/s1. The van der Waals surface area contributed by atoms with Gasteiger partial charge in [0.2, 0.25) is 11.8 Å². The first kappa shape index (κ1) is 17.0. The molecule has 0 aliphatic heterocycles. The zero-order valence-corrected chi connectivity index (χ0v) is 13.2. The number of nitrogens with one attached hydrogen (secondary N) is 1. The third-order valence-corrected chi connectivity index (χ3v) is 3.83. The number of rotatable bonds is 5. The number of halogens is 2. The molecule has 0 aromatic heterocycles. The van der Waals surface area contributed by atoms with Gasteiger partial charge in [-0.2, -0.15) is 0 Å². The molecule has 0 bridgehead atoms. The maximum atomic E-state index is 13.6. The number of nitrogens with two attached hydrogens (primary N) is 1. The molecule has 0 saturated carbocycles. The van der Waals surface area contributed by atoms with Crippen LogP contribution in [0, 0.1) is 5.82 Å². The minimum atomic E-state index is -1.44. The highest BCUT2D eigenvalue weighted by atomic mass is 35.5. The summed E-state index contributed by atoms with van der Waals surface area (Å²) in [5.74, 6) is -1.73. The number of benzene rings is 2. The summed E-state index contributed by atoms with van der Waals surface area (Å²) in [6.07, 6.45) is -0.198. The van der Waals surface area contributed by atoms with Gasteiger partial charge >= 0.3 is 0 Å². The van der Waals surface area contributed by atoms with Gasteiger partial charge in [-0.25, -0.2) is 4.39 Å². The van der Waals surface area contributed by atoms with Gasteiger partial charge in [-0.15, -0.1) is 0 Å². The summed E-state index contributed by atoms with van der Waals surface area (Å²) in [5.41, 5.74) is 4.71. The Morgan fingerprint density at radius 3 is 2.52 bits per heavy atom. The van der Waals surface area contributed by atoms with E-state index in [9.17, 15) is 14.0 Å². The zero-order chi connectivity index (χ0) is 17.0. The summed E-state index contributed by atoms with van der Waals surface area (Å²) >= 11 is 5.93. The lowest BCUT2D eigenvalue weighted by Crippen LogP contribution is -2.53. The van der Waals surface area contributed by atoms with Crippen LogP contribution in [0.15, 0.2) is 48.5 Å². The van der Waals surface area contributed by atoms with Crippen LogP contribution in [0.25, 0.3) is 0 Å². The van der Waals surface area contributed by atoms with E-state index in [2.05, 4.69) is 5.32 Å². The quantitative estimate of drug-likeness (QED) is 0.882. The first-order valence-electron chi connectivity index (χ1n) is 6.93. The summed E-state index contributed by atoms with van der Waals surface area (Å²) in [6, 6.07) is 12.4. The van der Waals surface area contributed by atoms with Gasteiger partial charge in [0, 0.05) is 5.02 Å². The average molecular weight is 335 g/mol. The summed E-state index contributed by atoms with van der Waals surface area (Å²) in [5, 5.41) is 2.99. The Labute approximate surface area is 138 Å². The number of primary amides is 1. The lowest BCUT2D eigenvalue weighted by atomic mass is 9.90. The fraction of sp³-hybridized carbons (Fsp3) is 0.176. The minimum Gasteiger partial charge on any atom is -0.367 e. The predicted molar refractivity (Wildman–Crippen MR) is 86.2 cm³/mol. The van der Waals surface area contributed by atoms with E-state index in [1.807, 2.05) is 0 Å². The van der Waals surface area contributed by atoms with Crippen LogP contribution < -0.4 is 11.1 Å². The Bertz CT molecular complexity index is 751. The number of amides is 2. The molecule has 2 aromatic carbocycles. The molecule has 120 valence electrons. The highest BCUT2D eigenvalue weighted by Crippen LogP contribution is 2.24. The fourth-order valence-electron chi connectivity index (χ4n) is 2.21. The molecule has 0 aliphatic carbocycles. The molecule has 0 radical (unpaired) electrons. The van der Waals surface area contributed by atoms with Gasteiger partial charge in [0.1, 0.15) is 11.4 Å². The molecular weight excluding hydrogens is 319 g/mol. The van der Waals surface area contributed by atoms with Crippen molar-refractivity contribution in [1.29, 1.82) is 0 Å². The third-order valence-electron chi connectivity index (χ3n) is 3.59. The normalized spacial score (nSPS) is 13.2. The van der Waals surface area contributed by atoms with E-state index in [1.165, 1.54) is 25.1 Å². The second-order valence-corrected chi connectivity index (χ2v) is 5.75. The second kappa shape index (κ2) is 6.79.